The van der Waals surface area contributed by atoms with Crippen LogP contribution < -0.4 is 20.9 Å². The van der Waals surface area contributed by atoms with Crippen LogP contribution in [0, 0.1) is 0 Å². The summed E-state index contributed by atoms with van der Waals surface area (Å²) in [6.45, 7) is 4.62. The minimum absolute atomic E-state index is 0.0406. The van der Waals surface area contributed by atoms with Gasteiger partial charge < -0.3 is 15.2 Å². The van der Waals surface area contributed by atoms with Gasteiger partial charge in [0, 0.05) is 31.0 Å². The average Bonchev–Trinajstić information content (AvgIpc) is 3.05. The van der Waals surface area contributed by atoms with Crippen LogP contribution in [0.1, 0.15) is 31.5 Å². The molecule has 1 atom stereocenters. The number of nitrogens with two attached hydrogens (primary N) is 1. The standard InChI is InChI=1S/C15H19N3O3/c1-10(2)18-6-5-17(15(18)19)8-12(16)11-3-4-13-14(7-11)21-9-20-13/h3-7,10,12H,8-9,16H2,1-2H3. The third kappa shape index (κ3) is 2.54. The Kier molecular flexibility index (Phi) is 3.47. The summed E-state index contributed by atoms with van der Waals surface area (Å²) in [5, 5.41) is 0. The van der Waals surface area contributed by atoms with Gasteiger partial charge in [-0.25, -0.2) is 4.79 Å². The highest BCUT2D eigenvalue weighted by Gasteiger charge is 2.17. The fraction of sp³-hybridized carbons (Fsp3) is 0.400. The number of hydrogen-bond acceptors (Lipinski definition) is 4. The number of hydrogen-bond donors (Lipinski definition) is 1. The molecule has 2 heterocycles. The first kappa shape index (κ1) is 13.8. The van der Waals surface area contributed by atoms with Crippen molar-refractivity contribution in [2.75, 3.05) is 6.79 Å². The van der Waals surface area contributed by atoms with Gasteiger partial charge in [0.05, 0.1) is 0 Å². The number of rotatable bonds is 4. The number of imidazole rings is 1. The van der Waals surface area contributed by atoms with Crippen LogP contribution in [-0.2, 0) is 6.54 Å². The number of aromatic nitrogens is 2. The van der Waals surface area contributed by atoms with E-state index in [0.717, 1.165) is 11.3 Å². The zero-order valence-electron chi connectivity index (χ0n) is 12.2. The van der Waals surface area contributed by atoms with Crippen molar-refractivity contribution in [1.29, 1.82) is 0 Å². The van der Waals surface area contributed by atoms with Crippen molar-refractivity contribution in [3.63, 3.8) is 0 Å². The highest BCUT2D eigenvalue weighted by Crippen LogP contribution is 2.33. The Bertz CT molecular complexity index is 702. The monoisotopic (exact) mass is 289 g/mol. The van der Waals surface area contributed by atoms with Crippen molar-refractivity contribution in [1.82, 2.24) is 9.13 Å². The quantitative estimate of drug-likeness (QED) is 0.929. The van der Waals surface area contributed by atoms with E-state index in [-0.39, 0.29) is 24.6 Å². The highest BCUT2D eigenvalue weighted by molar-refractivity contribution is 5.45. The van der Waals surface area contributed by atoms with Crippen LogP contribution in [0.5, 0.6) is 11.5 Å². The smallest absolute Gasteiger partial charge is 0.328 e. The first-order chi connectivity index (χ1) is 10.1. The summed E-state index contributed by atoms with van der Waals surface area (Å²) >= 11 is 0. The van der Waals surface area contributed by atoms with E-state index in [1.807, 2.05) is 32.0 Å². The van der Waals surface area contributed by atoms with Gasteiger partial charge in [-0.15, -0.1) is 0 Å². The molecule has 112 valence electrons. The van der Waals surface area contributed by atoms with Crippen molar-refractivity contribution in [3.8, 4) is 11.5 Å². The fourth-order valence-electron chi connectivity index (χ4n) is 2.42. The normalized spacial score (nSPS) is 14.7. The molecular formula is C15H19N3O3. The summed E-state index contributed by atoms with van der Waals surface area (Å²) in [6, 6.07) is 5.49. The predicted octanol–water partition coefficient (Wildman–Crippen LogP) is 1.66. The fourth-order valence-corrected chi connectivity index (χ4v) is 2.42. The minimum Gasteiger partial charge on any atom is -0.454 e. The number of nitrogens with zero attached hydrogens (tertiary/aromatic N) is 2. The van der Waals surface area contributed by atoms with Gasteiger partial charge in [0.25, 0.3) is 0 Å². The van der Waals surface area contributed by atoms with E-state index in [1.54, 1.807) is 21.5 Å². The number of fused-ring (bicyclic) bond motifs is 1. The molecule has 0 radical (unpaired) electrons. The van der Waals surface area contributed by atoms with E-state index in [2.05, 4.69) is 0 Å². The first-order valence-corrected chi connectivity index (χ1v) is 6.98. The largest absolute Gasteiger partial charge is 0.454 e. The molecule has 6 heteroatoms. The SMILES string of the molecule is CC(C)n1ccn(CC(N)c2ccc3c(c2)OCO3)c1=O. The lowest BCUT2D eigenvalue weighted by Crippen LogP contribution is -2.29. The zero-order valence-corrected chi connectivity index (χ0v) is 12.2. The first-order valence-electron chi connectivity index (χ1n) is 6.98. The molecule has 21 heavy (non-hydrogen) atoms. The lowest BCUT2D eigenvalue weighted by atomic mass is 10.1. The molecule has 0 bridgehead atoms. The molecule has 1 aromatic carbocycles. The van der Waals surface area contributed by atoms with Gasteiger partial charge in [0.1, 0.15) is 0 Å². The van der Waals surface area contributed by atoms with E-state index in [0.29, 0.717) is 12.3 Å². The van der Waals surface area contributed by atoms with Gasteiger partial charge in [-0.05, 0) is 31.5 Å². The van der Waals surface area contributed by atoms with Crippen molar-refractivity contribution in [2.45, 2.75) is 32.5 Å². The Morgan fingerprint density at radius 2 is 2.00 bits per heavy atom. The summed E-state index contributed by atoms with van der Waals surface area (Å²) in [6.07, 6.45) is 3.56. The van der Waals surface area contributed by atoms with Crippen LogP contribution in [0.15, 0.2) is 35.4 Å². The second-order valence-corrected chi connectivity index (χ2v) is 5.45. The molecule has 1 aliphatic heterocycles. The molecule has 0 spiro atoms. The molecule has 0 aliphatic carbocycles. The predicted molar refractivity (Wildman–Crippen MR) is 78.6 cm³/mol. The Labute approximate surface area is 122 Å². The molecule has 0 amide bonds. The van der Waals surface area contributed by atoms with Gasteiger partial charge >= 0.3 is 5.69 Å². The van der Waals surface area contributed by atoms with E-state index < -0.39 is 0 Å². The molecule has 6 nitrogen and oxygen atoms in total. The van der Waals surface area contributed by atoms with Gasteiger partial charge in [0.15, 0.2) is 11.5 Å². The molecule has 2 aromatic rings. The molecule has 2 N–H and O–H groups in total. The molecular weight excluding hydrogens is 270 g/mol. The van der Waals surface area contributed by atoms with Gasteiger partial charge in [-0.1, -0.05) is 6.07 Å². The minimum atomic E-state index is -0.278. The Hall–Kier alpha value is -2.21. The Balaban J connectivity index is 1.80. The van der Waals surface area contributed by atoms with E-state index in [1.165, 1.54) is 0 Å². The lowest BCUT2D eigenvalue weighted by molar-refractivity contribution is 0.174. The van der Waals surface area contributed by atoms with Crippen molar-refractivity contribution >= 4 is 0 Å². The summed E-state index contributed by atoms with van der Waals surface area (Å²) in [5.41, 5.74) is 7.09. The Morgan fingerprint density at radius 3 is 2.71 bits per heavy atom. The van der Waals surface area contributed by atoms with Crippen LogP contribution in [0.4, 0.5) is 0 Å². The summed E-state index contributed by atoms with van der Waals surface area (Å²) in [7, 11) is 0. The lowest BCUT2D eigenvalue weighted by Gasteiger charge is -2.13. The summed E-state index contributed by atoms with van der Waals surface area (Å²) in [5.74, 6) is 1.43. The van der Waals surface area contributed by atoms with Gasteiger partial charge in [-0.3, -0.25) is 9.13 Å². The second kappa shape index (κ2) is 5.29. The van der Waals surface area contributed by atoms with Crippen LogP contribution in [0.25, 0.3) is 0 Å². The van der Waals surface area contributed by atoms with Gasteiger partial charge in [0.2, 0.25) is 6.79 Å². The van der Waals surface area contributed by atoms with Gasteiger partial charge in [-0.2, -0.15) is 0 Å². The maximum absolute atomic E-state index is 12.2. The third-order valence-corrected chi connectivity index (χ3v) is 3.65. The number of benzene rings is 1. The Morgan fingerprint density at radius 1 is 1.24 bits per heavy atom. The second-order valence-electron chi connectivity index (χ2n) is 5.45. The molecule has 0 saturated heterocycles. The maximum Gasteiger partial charge on any atom is 0.328 e. The zero-order chi connectivity index (χ0) is 15.0. The summed E-state index contributed by atoms with van der Waals surface area (Å²) in [4.78, 5) is 12.2. The van der Waals surface area contributed by atoms with E-state index in [4.69, 9.17) is 15.2 Å². The average molecular weight is 289 g/mol. The van der Waals surface area contributed by atoms with Crippen LogP contribution >= 0.6 is 0 Å². The maximum atomic E-state index is 12.2. The van der Waals surface area contributed by atoms with Crippen molar-refractivity contribution in [2.24, 2.45) is 5.73 Å². The molecule has 0 fully saturated rings. The molecule has 1 unspecified atom stereocenters. The van der Waals surface area contributed by atoms with Crippen LogP contribution in [0.2, 0.25) is 0 Å². The third-order valence-electron chi connectivity index (χ3n) is 3.65. The molecule has 1 aliphatic rings. The van der Waals surface area contributed by atoms with E-state index in [9.17, 15) is 4.79 Å². The molecule has 0 saturated carbocycles. The topological polar surface area (TPSA) is 71.4 Å². The van der Waals surface area contributed by atoms with E-state index >= 15 is 0 Å². The molecule has 3 rings (SSSR count). The van der Waals surface area contributed by atoms with Crippen LogP contribution in [-0.4, -0.2) is 15.9 Å². The van der Waals surface area contributed by atoms with Crippen molar-refractivity contribution < 1.29 is 9.47 Å². The number of ether oxygens (including phenoxy) is 2. The van der Waals surface area contributed by atoms with Crippen LogP contribution in [0.3, 0.4) is 0 Å². The highest BCUT2D eigenvalue weighted by atomic mass is 16.7. The van der Waals surface area contributed by atoms with Crippen molar-refractivity contribution in [3.05, 3.63) is 46.6 Å². The summed E-state index contributed by atoms with van der Waals surface area (Å²) < 4.78 is 13.9. The molecule has 1 aromatic heterocycles.